The minimum atomic E-state index is -1.02. The van der Waals surface area contributed by atoms with Crippen molar-refractivity contribution in [2.24, 2.45) is 11.8 Å². The minimum Gasteiger partial charge on any atom is -0.482 e. The average molecular weight is 454 g/mol. The van der Waals surface area contributed by atoms with Gasteiger partial charge in [0.25, 0.3) is 0 Å². The molecule has 2 aliphatic heterocycles. The molecule has 9 nitrogen and oxygen atoms in total. The van der Waals surface area contributed by atoms with E-state index in [1.807, 2.05) is 13.8 Å². The quantitative estimate of drug-likeness (QED) is 0.474. The minimum absolute atomic E-state index is 0.0139. The monoisotopic (exact) mass is 453 g/mol. The van der Waals surface area contributed by atoms with Crippen LogP contribution in [0, 0.1) is 11.8 Å². The second kappa shape index (κ2) is 11.6. The number of aliphatic hydroxyl groups is 1. The smallest absolute Gasteiger partial charge is 0.417 e. The molecule has 1 saturated heterocycles. The number of allylic oxidation sites excluding steroid dienone is 1. The first-order valence-corrected chi connectivity index (χ1v) is 11.0. The zero-order valence-electron chi connectivity index (χ0n) is 19.5. The number of hydrogen-bond acceptors (Lipinski definition) is 8. The summed E-state index contributed by atoms with van der Waals surface area (Å²) >= 11 is 0. The van der Waals surface area contributed by atoms with E-state index in [4.69, 9.17) is 24.1 Å². The molecule has 0 spiro atoms. The average Bonchev–Trinajstić information content (AvgIpc) is 2.98. The number of carbonyl (C=O) groups excluding carboxylic acids is 3. The SMILES string of the molecule is CC(C)[C@@H]1N(C(=O)[C@@H](C)[C@H]2OC(=CCCOCCOCCO)C=CC2=O)C(=O)OC1(C)C. The molecular weight excluding hydrogens is 418 g/mol. The first kappa shape index (κ1) is 26.0. The molecule has 0 unspecified atom stereocenters. The number of imide groups is 1. The summed E-state index contributed by atoms with van der Waals surface area (Å²) in [6, 6.07) is -0.437. The molecule has 0 aromatic rings. The lowest BCUT2D eigenvalue weighted by atomic mass is 9.87. The summed E-state index contributed by atoms with van der Waals surface area (Å²) < 4.78 is 21.8. The first-order valence-electron chi connectivity index (χ1n) is 11.0. The lowest BCUT2D eigenvalue weighted by Gasteiger charge is -2.33. The maximum absolute atomic E-state index is 13.2. The van der Waals surface area contributed by atoms with E-state index in [2.05, 4.69) is 0 Å². The van der Waals surface area contributed by atoms with Gasteiger partial charge in [0.15, 0.2) is 11.9 Å². The highest BCUT2D eigenvalue weighted by atomic mass is 16.6. The van der Waals surface area contributed by atoms with Gasteiger partial charge in [0.1, 0.15) is 11.4 Å². The fraction of sp³-hybridized carbons (Fsp3) is 0.696. The number of nitrogens with zero attached hydrogens (tertiary/aromatic N) is 1. The van der Waals surface area contributed by atoms with Crippen molar-refractivity contribution in [1.29, 1.82) is 0 Å². The van der Waals surface area contributed by atoms with Gasteiger partial charge >= 0.3 is 6.09 Å². The Hall–Kier alpha value is -2.23. The van der Waals surface area contributed by atoms with E-state index in [0.29, 0.717) is 32.0 Å². The van der Waals surface area contributed by atoms with Gasteiger partial charge in [-0.05, 0) is 51.3 Å². The van der Waals surface area contributed by atoms with Gasteiger partial charge in [-0.15, -0.1) is 0 Å². The summed E-state index contributed by atoms with van der Waals surface area (Å²) in [5.41, 5.74) is -0.813. The lowest BCUT2D eigenvalue weighted by Crippen LogP contribution is -2.52. The van der Waals surface area contributed by atoms with E-state index in [-0.39, 0.29) is 24.9 Å². The van der Waals surface area contributed by atoms with E-state index >= 15 is 0 Å². The molecule has 0 radical (unpaired) electrons. The van der Waals surface area contributed by atoms with E-state index in [1.54, 1.807) is 32.9 Å². The Labute approximate surface area is 189 Å². The Morgan fingerprint density at radius 1 is 1.16 bits per heavy atom. The molecule has 0 bridgehead atoms. The van der Waals surface area contributed by atoms with Crippen LogP contribution in [0.2, 0.25) is 0 Å². The Morgan fingerprint density at radius 3 is 2.44 bits per heavy atom. The number of cyclic esters (lactones) is 1. The van der Waals surface area contributed by atoms with Crippen LogP contribution < -0.4 is 0 Å². The zero-order valence-corrected chi connectivity index (χ0v) is 19.5. The summed E-state index contributed by atoms with van der Waals surface area (Å²) in [5.74, 6) is -1.22. The van der Waals surface area contributed by atoms with Crippen LogP contribution in [0.3, 0.4) is 0 Å². The summed E-state index contributed by atoms with van der Waals surface area (Å²) in [6.07, 6.45) is 3.57. The van der Waals surface area contributed by atoms with Crippen LogP contribution in [0.4, 0.5) is 4.79 Å². The van der Waals surface area contributed by atoms with Crippen molar-refractivity contribution in [3.05, 3.63) is 24.0 Å². The molecule has 0 aromatic heterocycles. The van der Waals surface area contributed by atoms with Gasteiger partial charge in [-0.3, -0.25) is 9.59 Å². The number of ether oxygens (including phenoxy) is 4. The maximum Gasteiger partial charge on any atom is 0.417 e. The Morgan fingerprint density at radius 2 is 1.81 bits per heavy atom. The van der Waals surface area contributed by atoms with Crippen molar-refractivity contribution in [2.45, 2.75) is 58.8 Å². The molecule has 0 aliphatic carbocycles. The third kappa shape index (κ3) is 6.40. The fourth-order valence-corrected chi connectivity index (χ4v) is 4.07. The Kier molecular flexibility index (Phi) is 9.42. The van der Waals surface area contributed by atoms with E-state index in [1.165, 1.54) is 6.08 Å². The molecule has 2 heterocycles. The van der Waals surface area contributed by atoms with E-state index < -0.39 is 35.7 Å². The third-order valence-corrected chi connectivity index (χ3v) is 5.42. The molecule has 0 aromatic carbocycles. The number of aliphatic hydroxyl groups excluding tert-OH is 1. The standard InChI is InChI=1S/C23H35NO8/c1-15(2)20-23(4,5)32-22(28)24(20)21(27)16(3)19-18(26)9-8-17(31-19)7-6-11-29-13-14-30-12-10-25/h7-9,15-16,19-20,25H,6,10-14H2,1-5H3/t16-,19+,20-/m0/s1. The number of hydrogen-bond donors (Lipinski definition) is 1. The predicted octanol–water partition coefficient (Wildman–Crippen LogP) is 2.23. The number of ketones is 1. The number of carbonyl (C=O) groups is 3. The summed E-state index contributed by atoms with van der Waals surface area (Å²) in [4.78, 5) is 39.3. The molecule has 32 heavy (non-hydrogen) atoms. The highest BCUT2D eigenvalue weighted by Crippen LogP contribution is 2.36. The van der Waals surface area contributed by atoms with Crippen LogP contribution in [0.15, 0.2) is 24.0 Å². The van der Waals surface area contributed by atoms with Crippen molar-refractivity contribution >= 4 is 17.8 Å². The van der Waals surface area contributed by atoms with Crippen LogP contribution in [-0.4, -0.2) is 78.6 Å². The molecule has 0 saturated carbocycles. The normalized spacial score (nSPS) is 24.7. The van der Waals surface area contributed by atoms with Gasteiger partial charge in [-0.1, -0.05) is 13.8 Å². The second-order valence-corrected chi connectivity index (χ2v) is 8.77. The van der Waals surface area contributed by atoms with Gasteiger partial charge in [-0.2, -0.15) is 0 Å². The molecule has 3 atom stereocenters. The molecule has 9 heteroatoms. The van der Waals surface area contributed by atoms with Crippen molar-refractivity contribution in [3.63, 3.8) is 0 Å². The summed E-state index contributed by atoms with van der Waals surface area (Å²) in [7, 11) is 0. The van der Waals surface area contributed by atoms with Crippen LogP contribution in [0.1, 0.15) is 41.0 Å². The van der Waals surface area contributed by atoms with E-state index in [9.17, 15) is 14.4 Å². The first-order chi connectivity index (χ1) is 15.1. The Bertz CT molecular complexity index is 742. The molecule has 2 amide bonds. The largest absolute Gasteiger partial charge is 0.482 e. The van der Waals surface area contributed by atoms with Gasteiger partial charge < -0.3 is 24.1 Å². The summed E-state index contributed by atoms with van der Waals surface area (Å²) in [6.45, 7) is 10.5. The van der Waals surface area contributed by atoms with Crippen LogP contribution in [0.5, 0.6) is 0 Å². The predicted molar refractivity (Wildman–Crippen MR) is 116 cm³/mol. The topological polar surface area (TPSA) is 112 Å². The van der Waals surface area contributed by atoms with Gasteiger partial charge in [-0.25, -0.2) is 9.69 Å². The molecule has 1 N–H and O–H groups in total. The van der Waals surface area contributed by atoms with Crippen molar-refractivity contribution in [3.8, 4) is 0 Å². The van der Waals surface area contributed by atoms with Crippen molar-refractivity contribution in [2.75, 3.05) is 33.0 Å². The Balaban J connectivity index is 1.97. The molecule has 2 aliphatic rings. The van der Waals surface area contributed by atoms with Crippen molar-refractivity contribution in [1.82, 2.24) is 4.90 Å². The summed E-state index contributed by atoms with van der Waals surface area (Å²) in [5, 5.41) is 8.63. The van der Waals surface area contributed by atoms with E-state index in [0.717, 1.165) is 4.90 Å². The lowest BCUT2D eigenvalue weighted by molar-refractivity contribution is -0.143. The van der Waals surface area contributed by atoms with Gasteiger partial charge in [0.05, 0.1) is 45.0 Å². The fourth-order valence-electron chi connectivity index (χ4n) is 4.07. The second-order valence-electron chi connectivity index (χ2n) is 8.77. The van der Waals surface area contributed by atoms with Crippen LogP contribution >= 0.6 is 0 Å². The molecule has 2 rings (SSSR count). The van der Waals surface area contributed by atoms with Crippen LogP contribution in [0.25, 0.3) is 0 Å². The van der Waals surface area contributed by atoms with Gasteiger partial charge in [0, 0.05) is 0 Å². The highest BCUT2D eigenvalue weighted by molar-refractivity contribution is 6.02. The maximum atomic E-state index is 13.2. The zero-order chi connectivity index (χ0) is 23.9. The third-order valence-electron chi connectivity index (χ3n) is 5.42. The number of amides is 2. The van der Waals surface area contributed by atoms with Gasteiger partial charge in [0.2, 0.25) is 5.91 Å². The molecule has 1 fully saturated rings. The van der Waals surface area contributed by atoms with Crippen LogP contribution in [-0.2, 0) is 28.5 Å². The number of rotatable bonds is 11. The molecule has 180 valence electrons. The highest BCUT2D eigenvalue weighted by Gasteiger charge is 2.53. The molecular formula is C23H35NO8. The van der Waals surface area contributed by atoms with Crippen molar-refractivity contribution < 1.29 is 38.4 Å².